The van der Waals surface area contributed by atoms with Gasteiger partial charge in [0.2, 0.25) is 0 Å². The van der Waals surface area contributed by atoms with Crippen LogP contribution in [0.2, 0.25) is 0 Å². The van der Waals surface area contributed by atoms with E-state index >= 15 is 0 Å². The van der Waals surface area contributed by atoms with Crippen LogP contribution in [0.3, 0.4) is 0 Å². The van der Waals surface area contributed by atoms with Crippen molar-refractivity contribution in [3.05, 3.63) is 35.2 Å². The minimum absolute atomic E-state index is 0.0673. The van der Waals surface area contributed by atoms with Crippen molar-refractivity contribution < 1.29 is 14.3 Å². The summed E-state index contributed by atoms with van der Waals surface area (Å²) in [5.41, 5.74) is 3.95. The fraction of sp³-hybridized carbons (Fsp3) is 0.565. The Balaban J connectivity index is 1.69. The number of hydrogen-bond donors (Lipinski definition) is 0. The highest BCUT2D eigenvalue weighted by Crippen LogP contribution is 2.28. The van der Waals surface area contributed by atoms with Crippen molar-refractivity contribution in [2.45, 2.75) is 65.6 Å². The van der Waals surface area contributed by atoms with Crippen molar-refractivity contribution >= 4 is 6.09 Å². The van der Waals surface area contributed by atoms with E-state index in [1.807, 2.05) is 39.0 Å². The Morgan fingerprint density at radius 1 is 1.26 bits per heavy atom. The summed E-state index contributed by atoms with van der Waals surface area (Å²) in [6.07, 6.45) is 7.79. The van der Waals surface area contributed by atoms with Crippen molar-refractivity contribution in [2.75, 3.05) is 13.6 Å². The van der Waals surface area contributed by atoms with Crippen LogP contribution in [0.1, 0.15) is 57.3 Å². The summed E-state index contributed by atoms with van der Waals surface area (Å²) < 4.78 is 13.3. The summed E-state index contributed by atoms with van der Waals surface area (Å²) >= 11 is 0. The van der Waals surface area contributed by atoms with Crippen molar-refractivity contribution in [3.8, 4) is 17.1 Å². The Morgan fingerprint density at radius 2 is 2.00 bits per heavy atom. The van der Waals surface area contributed by atoms with Crippen molar-refractivity contribution in [1.82, 2.24) is 24.9 Å². The predicted molar refractivity (Wildman–Crippen MR) is 119 cm³/mol. The van der Waals surface area contributed by atoms with Crippen LogP contribution < -0.4 is 4.74 Å². The number of carbonyl (C=O) groups is 1. The molecular formula is C23H33N5O3. The van der Waals surface area contributed by atoms with Crippen molar-refractivity contribution in [3.63, 3.8) is 0 Å². The molecule has 0 aliphatic heterocycles. The molecule has 0 spiro atoms. The predicted octanol–water partition coefficient (Wildman–Crippen LogP) is 4.43. The van der Waals surface area contributed by atoms with Crippen LogP contribution in [0.15, 0.2) is 23.8 Å². The first-order chi connectivity index (χ1) is 14.8. The lowest BCUT2D eigenvalue weighted by molar-refractivity contribution is 0.106. The van der Waals surface area contributed by atoms with E-state index in [2.05, 4.69) is 10.3 Å². The summed E-state index contributed by atoms with van der Waals surface area (Å²) in [5, 5.41) is 8.35. The second kappa shape index (κ2) is 10.4. The van der Waals surface area contributed by atoms with E-state index in [1.54, 1.807) is 18.8 Å². The third-order valence-electron chi connectivity index (χ3n) is 5.49. The lowest BCUT2D eigenvalue weighted by Gasteiger charge is -2.23. The van der Waals surface area contributed by atoms with Gasteiger partial charge in [-0.1, -0.05) is 23.3 Å². The van der Waals surface area contributed by atoms with Crippen LogP contribution in [0.4, 0.5) is 4.79 Å². The van der Waals surface area contributed by atoms with E-state index in [0.29, 0.717) is 23.6 Å². The number of ether oxygens (including phenoxy) is 2. The smallest absolute Gasteiger partial charge is 0.410 e. The highest BCUT2D eigenvalue weighted by atomic mass is 16.6. The number of pyridine rings is 1. The minimum atomic E-state index is -0.398. The van der Waals surface area contributed by atoms with Crippen molar-refractivity contribution in [1.29, 1.82) is 0 Å². The van der Waals surface area contributed by atoms with Gasteiger partial charge in [0.1, 0.15) is 23.7 Å². The molecule has 1 amide bonds. The van der Waals surface area contributed by atoms with Crippen LogP contribution in [0.25, 0.3) is 11.4 Å². The van der Waals surface area contributed by atoms with Gasteiger partial charge in [0, 0.05) is 20.6 Å². The number of aryl methyl sites for hydroxylation is 2. The molecular weight excluding hydrogens is 394 g/mol. The maximum Gasteiger partial charge on any atom is 0.410 e. The topological polar surface area (TPSA) is 82.4 Å². The van der Waals surface area contributed by atoms with Gasteiger partial charge in [-0.25, -0.2) is 14.5 Å². The molecule has 0 N–H and O–H groups in total. The number of aromatic nitrogens is 4. The molecule has 0 unspecified atom stereocenters. The molecule has 0 bridgehead atoms. The highest BCUT2D eigenvalue weighted by Gasteiger charge is 2.20. The number of amides is 1. The molecule has 2 heterocycles. The molecule has 168 valence electrons. The van der Waals surface area contributed by atoms with E-state index in [-0.39, 0.29) is 12.7 Å². The number of allylic oxidation sites excluding steroid dienone is 1. The quantitative estimate of drug-likeness (QED) is 0.608. The van der Waals surface area contributed by atoms with Gasteiger partial charge in [-0.15, -0.1) is 5.10 Å². The molecule has 0 aromatic carbocycles. The molecule has 0 atom stereocenters. The van der Waals surface area contributed by atoms with Crippen LogP contribution in [0.5, 0.6) is 5.75 Å². The third kappa shape index (κ3) is 6.06. The van der Waals surface area contributed by atoms with Gasteiger partial charge in [0.25, 0.3) is 0 Å². The first-order valence-electron chi connectivity index (χ1n) is 10.9. The Bertz CT molecular complexity index is 927. The zero-order chi connectivity index (χ0) is 22.4. The molecule has 8 nitrogen and oxygen atoms in total. The lowest BCUT2D eigenvalue weighted by atomic mass is 9.98. The number of carbonyl (C=O) groups excluding carboxylic acids is 1. The van der Waals surface area contributed by atoms with Gasteiger partial charge in [-0.05, 0) is 58.6 Å². The van der Waals surface area contributed by atoms with E-state index in [0.717, 1.165) is 29.9 Å². The standard InChI is InChI=1S/C23H33N5O3/c1-16(2)13-14-27(4)23(29)30-15-20-22(25-26-28(20)5)19-11-12-21(17(3)24-19)31-18-9-7-6-8-10-18/h11-13,18H,6-10,14-15H2,1-5H3. The van der Waals surface area contributed by atoms with E-state index in [4.69, 9.17) is 14.5 Å². The van der Waals surface area contributed by atoms with Gasteiger partial charge in [-0.2, -0.15) is 0 Å². The maximum absolute atomic E-state index is 12.3. The first kappa shape index (κ1) is 22.8. The molecule has 3 rings (SSSR count). The molecule has 31 heavy (non-hydrogen) atoms. The van der Waals surface area contributed by atoms with Crippen LogP contribution in [-0.2, 0) is 18.4 Å². The Labute approximate surface area is 184 Å². The number of rotatable bonds is 7. The minimum Gasteiger partial charge on any atom is -0.489 e. The first-order valence-corrected chi connectivity index (χ1v) is 10.9. The van der Waals surface area contributed by atoms with Crippen LogP contribution in [0, 0.1) is 6.92 Å². The Morgan fingerprint density at radius 3 is 2.68 bits per heavy atom. The summed E-state index contributed by atoms with van der Waals surface area (Å²) in [6.45, 7) is 6.50. The molecule has 1 aliphatic rings. The number of likely N-dealkylation sites (N-methyl/N-ethyl adjacent to an activating group) is 1. The van der Waals surface area contributed by atoms with E-state index < -0.39 is 6.09 Å². The fourth-order valence-corrected chi connectivity index (χ4v) is 3.54. The van der Waals surface area contributed by atoms with Gasteiger partial charge >= 0.3 is 6.09 Å². The normalized spacial score (nSPS) is 14.2. The summed E-state index contributed by atoms with van der Waals surface area (Å²) in [5.74, 6) is 0.813. The molecule has 1 saturated carbocycles. The van der Waals surface area contributed by atoms with Crippen molar-refractivity contribution in [2.24, 2.45) is 7.05 Å². The molecule has 8 heteroatoms. The zero-order valence-electron chi connectivity index (χ0n) is 19.2. The summed E-state index contributed by atoms with van der Waals surface area (Å²) in [7, 11) is 3.49. The number of nitrogens with zero attached hydrogens (tertiary/aromatic N) is 5. The Hall–Kier alpha value is -2.90. The molecule has 2 aromatic heterocycles. The summed E-state index contributed by atoms with van der Waals surface area (Å²) in [6, 6.07) is 3.84. The molecule has 2 aromatic rings. The molecule has 1 fully saturated rings. The Kier molecular flexibility index (Phi) is 7.65. The van der Waals surface area contributed by atoms with Gasteiger partial charge < -0.3 is 14.4 Å². The largest absolute Gasteiger partial charge is 0.489 e. The average Bonchev–Trinajstić information content (AvgIpc) is 3.12. The van der Waals surface area contributed by atoms with E-state index in [1.165, 1.54) is 24.2 Å². The van der Waals surface area contributed by atoms with Crippen LogP contribution >= 0.6 is 0 Å². The lowest BCUT2D eigenvalue weighted by Crippen LogP contribution is -2.27. The SMILES string of the molecule is CC(C)=CCN(C)C(=O)OCc1c(-c2ccc(OC3CCCCC3)c(C)n2)nnn1C. The van der Waals surface area contributed by atoms with Gasteiger partial charge in [0.15, 0.2) is 0 Å². The fourth-order valence-electron chi connectivity index (χ4n) is 3.54. The molecule has 0 saturated heterocycles. The van der Waals surface area contributed by atoms with E-state index in [9.17, 15) is 4.79 Å². The van der Waals surface area contributed by atoms with Crippen LogP contribution in [-0.4, -0.2) is 50.7 Å². The highest BCUT2D eigenvalue weighted by molar-refractivity contribution is 5.67. The molecule has 1 aliphatic carbocycles. The zero-order valence-corrected chi connectivity index (χ0v) is 19.2. The second-order valence-corrected chi connectivity index (χ2v) is 8.38. The second-order valence-electron chi connectivity index (χ2n) is 8.38. The summed E-state index contributed by atoms with van der Waals surface area (Å²) in [4.78, 5) is 18.5. The third-order valence-corrected chi connectivity index (χ3v) is 5.49. The average molecular weight is 428 g/mol. The maximum atomic E-state index is 12.3. The monoisotopic (exact) mass is 427 g/mol. The van der Waals surface area contributed by atoms with Gasteiger partial charge in [0.05, 0.1) is 17.5 Å². The van der Waals surface area contributed by atoms with Gasteiger partial charge in [-0.3, -0.25) is 0 Å². The number of hydrogen-bond acceptors (Lipinski definition) is 6. The molecule has 0 radical (unpaired) electrons.